The molecule has 0 aromatic heterocycles. The van der Waals surface area contributed by atoms with Crippen LogP contribution < -0.4 is 11.1 Å². The molecule has 0 saturated carbocycles. The quantitative estimate of drug-likeness (QED) is 0.889. The molecular weight excluding hydrogens is 246 g/mol. The van der Waals surface area contributed by atoms with Crippen LogP contribution in [-0.4, -0.2) is 7.05 Å². The second-order valence-electron chi connectivity index (χ2n) is 4.34. The smallest absolute Gasteiger partial charge is 0.131 e. The lowest BCUT2D eigenvalue weighted by Gasteiger charge is -2.18. The van der Waals surface area contributed by atoms with Gasteiger partial charge in [0.15, 0.2) is 0 Å². The SMILES string of the molecule is CNC(c1cccc(CN)c1)c1ccc(F)cc1F. The van der Waals surface area contributed by atoms with E-state index in [0.717, 1.165) is 17.2 Å². The van der Waals surface area contributed by atoms with Crippen LogP contribution >= 0.6 is 0 Å². The molecule has 0 aliphatic rings. The lowest BCUT2D eigenvalue weighted by Crippen LogP contribution is -2.19. The van der Waals surface area contributed by atoms with E-state index in [4.69, 9.17) is 5.73 Å². The highest BCUT2D eigenvalue weighted by atomic mass is 19.1. The van der Waals surface area contributed by atoms with Crippen molar-refractivity contribution in [1.82, 2.24) is 5.32 Å². The van der Waals surface area contributed by atoms with Crippen LogP contribution in [0, 0.1) is 11.6 Å². The van der Waals surface area contributed by atoms with Gasteiger partial charge in [-0.05, 0) is 24.2 Å². The van der Waals surface area contributed by atoms with E-state index in [2.05, 4.69) is 5.32 Å². The Labute approximate surface area is 111 Å². The van der Waals surface area contributed by atoms with Crippen LogP contribution in [0.15, 0.2) is 42.5 Å². The number of hydrogen-bond donors (Lipinski definition) is 2. The Morgan fingerprint density at radius 1 is 1.16 bits per heavy atom. The molecule has 0 heterocycles. The summed E-state index contributed by atoms with van der Waals surface area (Å²) in [5, 5.41) is 3.04. The summed E-state index contributed by atoms with van der Waals surface area (Å²) < 4.78 is 26.8. The van der Waals surface area contributed by atoms with Gasteiger partial charge in [0.2, 0.25) is 0 Å². The van der Waals surface area contributed by atoms with Gasteiger partial charge in [-0.15, -0.1) is 0 Å². The van der Waals surface area contributed by atoms with Gasteiger partial charge in [0, 0.05) is 18.2 Å². The minimum Gasteiger partial charge on any atom is -0.326 e. The van der Waals surface area contributed by atoms with E-state index in [0.29, 0.717) is 12.1 Å². The number of nitrogens with two attached hydrogens (primary N) is 1. The Balaban J connectivity index is 2.43. The third kappa shape index (κ3) is 2.97. The first-order valence-corrected chi connectivity index (χ1v) is 6.07. The largest absolute Gasteiger partial charge is 0.326 e. The first-order valence-electron chi connectivity index (χ1n) is 6.07. The van der Waals surface area contributed by atoms with Crippen molar-refractivity contribution in [3.05, 3.63) is 70.8 Å². The summed E-state index contributed by atoms with van der Waals surface area (Å²) in [6, 6.07) is 10.9. The van der Waals surface area contributed by atoms with Crippen molar-refractivity contribution in [3.8, 4) is 0 Å². The van der Waals surface area contributed by atoms with Crippen LogP contribution in [0.3, 0.4) is 0 Å². The fourth-order valence-electron chi connectivity index (χ4n) is 2.14. The van der Waals surface area contributed by atoms with Crippen molar-refractivity contribution < 1.29 is 8.78 Å². The van der Waals surface area contributed by atoms with Gasteiger partial charge in [-0.2, -0.15) is 0 Å². The van der Waals surface area contributed by atoms with E-state index >= 15 is 0 Å². The van der Waals surface area contributed by atoms with E-state index < -0.39 is 11.6 Å². The average molecular weight is 262 g/mol. The normalized spacial score (nSPS) is 12.4. The first-order chi connectivity index (χ1) is 9.15. The molecule has 2 nitrogen and oxygen atoms in total. The monoisotopic (exact) mass is 262 g/mol. The molecule has 4 heteroatoms. The molecule has 3 N–H and O–H groups in total. The summed E-state index contributed by atoms with van der Waals surface area (Å²) >= 11 is 0. The summed E-state index contributed by atoms with van der Waals surface area (Å²) in [7, 11) is 1.74. The minimum absolute atomic E-state index is 0.327. The maximum atomic E-state index is 13.9. The Morgan fingerprint density at radius 3 is 2.58 bits per heavy atom. The lowest BCUT2D eigenvalue weighted by atomic mass is 9.97. The van der Waals surface area contributed by atoms with E-state index in [1.807, 2.05) is 24.3 Å². The molecule has 1 atom stereocenters. The first kappa shape index (κ1) is 13.6. The summed E-state index contributed by atoms with van der Waals surface area (Å²) in [6.07, 6.45) is 0. The van der Waals surface area contributed by atoms with Crippen LogP contribution in [0.4, 0.5) is 8.78 Å². The van der Waals surface area contributed by atoms with Crippen molar-refractivity contribution in [2.75, 3.05) is 7.05 Å². The predicted octanol–water partition coefficient (Wildman–Crippen LogP) is 2.73. The lowest BCUT2D eigenvalue weighted by molar-refractivity contribution is 0.551. The summed E-state index contributed by atoms with van der Waals surface area (Å²) in [5.41, 5.74) is 7.89. The molecular formula is C15H16F2N2. The highest BCUT2D eigenvalue weighted by molar-refractivity contribution is 5.35. The number of halogens is 2. The van der Waals surface area contributed by atoms with Crippen molar-refractivity contribution in [2.24, 2.45) is 5.73 Å². The molecule has 0 saturated heterocycles. The molecule has 0 amide bonds. The number of nitrogens with one attached hydrogen (secondary N) is 1. The number of hydrogen-bond acceptors (Lipinski definition) is 2. The van der Waals surface area contributed by atoms with Crippen molar-refractivity contribution in [1.29, 1.82) is 0 Å². The van der Waals surface area contributed by atoms with Gasteiger partial charge in [-0.3, -0.25) is 0 Å². The van der Waals surface area contributed by atoms with Crippen LogP contribution in [0.2, 0.25) is 0 Å². The molecule has 0 radical (unpaired) electrons. The molecule has 0 spiro atoms. The van der Waals surface area contributed by atoms with Crippen LogP contribution in [-0.2, 0) is 6.54 Å². The van der Waals surface area contributed by atoms with E-state index in [1.54, 1.807) is 7.05 Å². The zero-order chi connectivity index (χ0) is 13.8. The number of benzene rings is 2. The molecule has 1 unspecified atom stereocenters. The zero-order valence-electron chi connectivity index (χ0n) is 10.7. The molecule has 19 heavy (non-hydrogen) atoms. The molecule has 0 aliphatic carbocycles. The molecule has 0 fully saturated rings. The highest BCUT2D eigenvalue weighted by Crippen LogP contribution is 2.25. The van der Waals surface area contributed by atoms with Gasteiger partial charge in [0.1, 0.15) is 11.6 Å². The van der Waals surface area contributed by atoms with Gasteiger partial charge in [-0.25, -0.2) is 8.78 Å². The van der Waals surface area contributed by atoms with E-state index in [9.17, 15) is 8.78 Å². The van der Waals surface area contributed by atoms with Crippen LogP contribution in [0.25, 0.3) is 0 Å². The van der Waals surface area contributed by atoms with Gasteiger partial charge in [0.05, 0.1) is 6.04 Å². The molecule has 2 aromatic rings. The van der Waals surface area contributed by atoms with Crippen molar-refractivity contribution >= 4 is 0 Å². The fraction of sp³-hybridized carbons (Fsp3) is 0.200. The third-order valence-corrected chi connectivity index (χ3v) is 3.08. The molecule has 0 bridgehead atoms. The van der Waals surface area contributed by atoms with Crippen molar-refractivity contribution in [3.63, 3.8) is 0 Å². The van der Waals surface area contributed by atoms with Crippen LogP contribution in [0.1, 0.15) is 22.7 Å². The fourth-order valence-corrected chi connectivity index (χ4v) is 2.14. The predicted molar refractivity (Wildman–Crippen MR) is 71.6 cm³/mol. The van der Waals surface area contributed by atoms with Crippen molar-refractivity contribution in [2.45, 2.75) is 12.6 Å². The summed E-state index contributed by atoms with van der Waals surface area (Å²) in [4.78, 5) is 0. The minimum atomic E-state index is -0.577. The standard InChI is InChI=1S/C15H16F2N2/c1-19-15(11-4-2-3-10(7-11)9-18)13-6-5-12(16)8-14(13)17/h2-8,15,19H,9,18H2,1H3. The third-order valence-electron chi connectivity index (χ3n) is 3.08. The molecule has 100 valence electrons. The summed E-state index contributed by atoms with van der Waals surface area (Å²) in [6.45, 7) is 0.427. The van der Waals surface area contributed by atoms with Gasteiger partial charge < -0.3 is 11.1 Å². The Hall–Kier alpha value is -1.78. The highest BCUT2D eigenvalue weighted by Gasteiger charge is 2.16. The molecule has 0 aliphatic heterocycles. The summed E-state index contributed by atoms with van der Waals surface area (Å²) in [5.74, 6) is -1.13. The molecule has 2 aromatic carbocycles. The van der Waals surface area contributed by atoms with E-state index in [-0.39, 0.29) is 6.04 Å². The average Bonchev–Trinajstić information content (AvgIpc) is 2.42. The zero-order valence-corrected chi connectivity index (χ0v) is 10.7. The Bertz CT molecular complexity index is 570. The van der Waals surface area contributed by atoms with Gasteiger partial charge in [-0.1, -0.05) is 30.3 Å². The maximum Gasteiger partial charge on any atom is 0.131 e. The topological polar surface area (TPSA) is 38.0 Å². The van der Waals surface area contributed by atoms with E-state index in [1.165, 1.54) is 12.1 Å². The van der Waals surface area contributed by atoms with Gasteiger partial charge >= 0.3 is 0 Å². The maximum absolute atomic E-state index is 13.9. The van der Waals surface area contributed by atoms with Gasteiger partial charge in [0.25, 0.3) is 0 Å². The number of rotatable bonds is 4. The second-order valence-corrected chi connectivity index (χ2v) is 4.34. The van der Waals surface area contributed by atoms with Crippen LogP contribution in [0.5, 0.6) is 0 Å². The Kier molecular flexibility index (Phi) is 4.24. The molecule has 2 rings (SSSR count). The second kappa shape index (κ2) is 5.91. The Morgan fingerprint density at radius 2 is 1.95 bits per heavy atom.